The number of carbonyl (C=O) groups is 1. The van der Waals surface area contributed by atoms with Gasteiger partial charge in [-0.05, 0) is 19.1 Å². The molecule has 0 unspecified atom stereocenters. The third-order valence-electron chi connectivity index (χ3n) is 1.09. The SMILES string of the molecule is CC(=O)Nc1ccccc1.CCO. The number of nitrogens with one attached hydrogen (secondary N) is 1. The lowest BCUT2D eigenvalue weighted by molar-refractivity contribution is -0.114. The summed E-state index contributed by atoms with van der Waals surface area (Å²) >= 11 is 0. The summed E-state index contributed by atoms with van der Waals surface area (Å²) in [6.07, 6.45) is 0. The van der Waals surface area contributed by atoms with Crippen molar-refractivity contribution in [1.82, 2.24) is 0 Å². The molecular weight excluding hydrogens is 166 g/mol. The Bertz CT molecular complexity index is 234. The van der Waals surface area contributed by atoms with Crippen molar-refractivity contribution in [3.63, 3.8) is 0 Å². The van der Waals surface area contributed by atoms with E-state index in [0.717, 1.165) is 5.69 Å². The number of para-hydroxylation sites is 1. The van der Waals surface area contributed by atoms with Gasteiger partial charge in [0.15, 0.2) is 0 Å². The first kappa shape index (κ1) is 11.6. The molecule has 1 rings (SSSR count). The van der Waals surface area contributed by atoms with Gasteiger partial charge in [-0.15, -0.1) is 0 Å². The highest BCUT2D eigenvalue weighted by Gasteiger charge is 1.90. The Labute approximate surface area is 78.4 Å². The quantitative estimate of drug-likeness (QED) is 0.692. The second kappa shape index (κ2) is 7.31. The van der Waals surface area contributed by atoms with Gasteiger partial charge >= 0.3 is 0 Å². The summed E-state index contributed by atoms with van der Waals surface area (Å²) in [5.41, 5.74) is 0.843. The highest BCUT2D eigenvalue weighted by atomic mass is 16.2. The van der Waals surface area contributed by atoms with Crippen molar-refractivity contribution < 1.29 is 9.90 Å². The lowest BCUT2D eigenvalue weighted by Gasteiger charge is -1.98. The maximum absolute atomic E-state index is 10.5. The van der Waals surface area contributed by atoms with Crippen molar-refractivity contribution in [3.05, 3.63) is 30.3 Å². The number of rotatable bonds is 1. The molecule has 13 heavy (non-hydrogen) atoms. The zero-order chi connectivity index (χ0) is 10.1. The maximum Gasteiger partial charge on any atom is 0.221 e. The number of carbonyl (C=O) groups excluding carboxylic acids is 1. The third kappa shape index (κ3) is 7.03. The van der Waals surface area contributed by atoms with Gasteiger partial charge < -0.3 is 10.4 Å². The molecule has 0 spiro atoms. The van der Waals surface area contributed by atoms with Gasteiger partial charge in [-0.3, -0.25) is 4.79 Å². The molecule has 0 aliphatic carbocycles. The van der Waals surface area contributed by atoms with Gasteiger partial charge in [0, 0.05) is 19.2 Å². The predicted octanol–water partition coefficient (Wildman–Crippen LogP) is 1.64. The van der Waals surface area contributed by atoms with Crippen LogP contribution in [-0.4, -0.2) is 17.6 Å². The molecule has 1 amide bonds. The van der Waals surface area contributed by atoms with Gasteiger partial charge in [0.1, 0.15) is 0 Å². The van der Waals surface area contributed by atoms with Crippen molar-refractivity contribution in [2.45, 2.75) is 13.8 Å². The van der Waals surface area contributed by atoms with E-state index in [-0.39, 0.29) is 12.5 Å². The number of hydrogen-bond acceptors (Lipinski definition) is 2. The second-order valence-electron chi connectivity index (χ2n) is 2.36. The standard InChI is InChI=1S/C8H9NO.C2H6O/c1-7(10)9-8-5-3-2-4-6-8;1-2-3/h2-6H,1H3,(H,9,10);3H,2H2,1H3. The highest BCUT2D eigenvalue weighted by Crippen LogP contribution is 2.03. The number of aliphatic hydroxyl groups is 1. The number of aliphatic hydroxyl groups excluding tert-OH is 1. The minimum Gasteiger partial charge on any atom is -0.397 e. The summed E-state index contributed by atoms with van der Waals surface area (Å²) in [6, 6.07) is 9.37. The zero-order valence-electron chi connectivity index (χ0n) is 7.95. The first-order valence-electron chi connectivity index (χ1n) is 4.14. The maximum atomic E-state index is 10.5. The Morgan fingerprint density at radius 3 is 2.23 bits per heavy atom. The van der Waals surface area contributed by atoms with Gasteiger partial charge in [-0.1, -0.05) is 18.2 Å². The molecule has 0 aromatic heterocycles. The molecule has 0 saturated carbocycles. The summed E-state index contributed by atoms with van der Waals surface area (Å²) in [6.45, 7) is 3.42. The zero-order valence-corrected chi connectivity index (χ0v) is 7.95. The molecule has 0 aliphatic rings. The molecule has 1 aromatic carbocycles. The fraction of sp³-hybridized carbons (Fsp3) is 0.300. The van der Waals surface area contributed by atoms with Crippen LogP contribution in [0.1, 0.15) is 13.8 Å². The lowest BCUT2D eigenvalue weighted by Crippen LogP contribution is -2.04. The van der Waals surface area contributed by atoms with Crippen molar-refractivity contribution in [1.29, 1.82) is 0 Å². The Kier molecular flexibility index (Phi) is 6.55. The van der Waals surface area contributed by atoms with Crippen LogP contribution in [0.3, 0.4) is 0 Å². The third-order valence-corrected chi connectivity index (χ3v) is 1.09. The van der Waals surface area contributed by atoms with Crippen LogP contribution >= 0.6 is 0 Å². The number of hydrogen-bond donors (Lipinski definition) is 2. The van der Waals surface area contributed by atoms with E-state index in [2.05, 4.69) is 5.32 Å². The Hall–Kier alpha value is -1.35. The molecule has 0 saturated heterocycles. The first-order valence-corrected chi connectivity index (χ1v) is 4.14. The minimum atomic E-state index is -0.0359. The van der Waals surface area contributed by atoms with Crippen LogP contribution in [-0.2, 0) is 4.79 Å². The fourth-order valence-electron chi connectivity index (χ4n) is 0.725. The minimum absolute atomic E-state index is 0.0359. The van der Waals surface area contributed by atoms with Gasteiger partial charge in [-0.2, -0.15) is 0 Å². The predicted molar refractivity (Wildman–Crippen MR) is 53.5 cm³/mol. The fourth-order valence-corrected chi connectivity index (χ4v) is 0.725. The van der Waals surface area contributed by atoms with E-state index in [1.807, 2.05) is 30.3 Å². The van der Waals surface area contributed by atoms with Crippen molar-refractivity contribution in [2.24, 2.45) is 0 Å². The normalized spacial score (nSPS) is 8.23. The van der Waals surface area contributed by atoms with Crippen LogP contribution in [0.15, 0.2) is 30.3 Å². The summed E-state index contributed by atoms with van der Waals surface area (Å²) in [7, 11) is 0. The van der Waals surface area contributed by atoms with Gasteiger partial charge in [0.05, 0.1) is 0 Å². The van der Waals surface area contributed by atoms with Gasteiger partial charge in [-0.25, -0.2) is 0 Å². The topological polar surface area (TPSA) is 49.3 Å². The highest BCUT2D eigenvalue weighted by molar-refractivity contribution is 5.88. The summed E-state index contributed by atoms with van der Waals surface area (Å²) < 4.78 is 0. The van der Waals surface area contributed by atoms with E-state index in [0.29, 0.717) is 0 Å². The average Bonchev–Trinajstić information content (AvgIpc) is 2.06. The first-order chi connectivity index (χ1) is 6.20. The summed E-state index contributed by atoms with van der Waals surface area (Å²) in [4.78, 5) is 10.5. The van der Waals surface area contributed by atoms with Crippen LogP contribution < -0.4 is 5.32 Å². The Balaban J connectivity index is 0.000000424. The monoisotopic (exact) mass is 181 g/mol. The molecule has 0 bridgehead atoms. The average molecular weight is 181 g/mol. The molecule has 2 N–H and O–H groups in total. The Morgan fingerprint density at radius 1 is 1.38 bits per heavy atom. The van der Waals surface area contributed by atoms with E-state index >= 15 is 0 Å². The second-order valence-corrected chi connectivity index (χ2v) is 2.36. The van der Waals surface area contributed by atoms with E-state index in [1.54, 1.807) is 6.92 Å². The molecule has 0 atom stereocenters. The molecule has 72 valence electrons. The van der Waals surface area contributed by atoms with E-state index < -0.39 is 0 Å². The number of benzene rings is 1. The molecular formula is C10H15NO2. The van der Waals surface area contributed by atoms with Gasteiger partial charge in [0.25, 0.3) is 0 Å². The molecule has 1 aromatic rings. The molecule has 0 aliphatic heterocycles. The molecule has 3 heteroatoms. The molecule has 0 radical (unpaired) electrons. The summed E-state index contributed by atoms with van der Waals surface area (Å²) in [5.74, 6) is -0.0359. The van der Waals surface area contributed by atoms with Crippen LogP contribution in [0.25, 0.3) is 0 Å². The van der Waals surface area contributed by atoms with Gasteiger partial charge in [0.2, 0.25) is 5.91 Å². The largest absolute Gasteiger partial charge is 0.397 e. The smallest absolute Gasteiger partial charge is 0.221 e. The van der Waals surface area contributed by atoms with Crippen molar-refractivity contribution in [2.75, 3.05) is 11.9 Å². The number of amides is 1. The lowest BCUT2D eigenvalue weighted by atomic mass is 10.3. The molecule has 3 nitrogen and oxygen atoms in total. The van der Waals surface area contributed by atoms with Crippen LogP contribution in [0.2, 0.25) is 0 Å². The van der Waals surface area contributed by atoms with Crippen LogP contribution in [0.4, 0.5) is 5.69 Å². The van der Waals surface area contributed by atoms with Crippen LogP contribution in [0.5, 0.6) is 0 Å². The Morgan fingerprint density at radius 2 is 1.85 bits per heavy atom. The summed E-state index contributed by atoms with van der Waals surface area (Å²) in [5, 5.41) is 10.2. The van der Waals surface area contributed by atoms with Crippen molar-refractivity contribution >= 4 is 11.6 Å². The molecule has 0 fully saturated rings. The number of anilines is 1. The van der Waals surface area contributed by atoms with Crippen molar-refractivity contribution in [3.8, 4) is 0 Å². The molecule has 0 heterocycles. The van der Waals surface area contributed by atoms with E-state index in [1.165, 1.54) is 6.92 Å². The van der Waals surface area contributed by atoms with E-state index in [9.17, 15) is 4.79 Å². The van der Waals surface area contributed by atoms with Crippen LogP contribution in [0, 0.1) is 0 Å². The van der Waals surface area contributed by atoms with E-state index in [4.69, 9.17) is 5.11 Å².